The molecular formula is C20H20F2N8O3S2. The maximum absolute atomic E-state index is 13.3. The first-order valence-corrected chi connectivity index (χ1v) is 13.2. The highest BCUT2D eigenvalue weighted by Crippen LogP contribution is 2.38. The molecule has 2 N–H and O–H groups in total. The van der Waals surface area contributed by atoms with E-state index in [-0.39, 0.29) is 22.1 Å². The molecule has 1 aromatic carbocycles. The number of fused-ring (bicyclic) bond motifs is 3. The average molecular weight is 523 g/mol. The molecule has 2 aliphatic heterocycles. The number of rotatable bonds is 6. The number of morpholine rings is 1. The minimum Gasteiger partial charge on any atom is -0.378 e. The number of nitrogens with zero attached hydrogens (tertiary/aromatic N) is 6. The van der Waals surface area contributed by atoms with Crippen LogP contribution in [0.2, 0.25) is 0 Å². The number of piperazine rings is 1. The van der Waals surface area contributed by atoms with E-state index in [9.17, 15) is 22.5 Å². The number of ether oxygens (including phenoxy) is 1. The Bertz CT molecular complexity index is 1430. The molecule has 15 heteroatoms. The minimum absolute atomic E-state index is 0.0400. The van der Waals surface area contributed by atoms with Gasteiger partial charge in [0.2, 0.25) is 15.2 Å². The number of hydrogen-bond donors (Lipinski definition) is 2. The lowest BCUT2D eigenvalue weighted by Gasteiger charge is -2.43. The van der Waals surface area contributed by atoms with Gasteiger partial charge in [-0.2, -0.15) is 15.1 Å². The molecule has 4 heterocycles. The Morgan fingerprint density at radius 3 is 2.63 bits per heavy atom. The predicted molar refractivity (Wildman–Crippen MR) is 121 cm³/mol. The monoisotopic (exact) mass is 522 g/mol. The number of hydrogen-bond acceptors (Lipinski definition) is 10. The van der Waals surface area contributed by atoms with E-state index in [1.54, 1.807) is 12.3 Å². The van der Waals surface area contributed by atoms with Gasteiger partial charge in [-0.1, -0.05) is 11.3 Å². The van der Waals surface area contributed by atoms with Crippen molar-refractivity contribution in [2.45, 2.75) is 41.8 Å². The van der Waals surface area contributed by atoms with Crippen LogP contribution < -0.4 is 14.9 Å². The highest BCUT2D eigenvalue weighted by atomic mass is 32.2. The lowest BCUT2D eigenvalue weighted by molar-refractivity contribution is 0.0376. The van der Waals surface area contributed by atoms with Crippen LogP contribution in [-0.4, -0.2) is 72.3 Å². The fourth-order valence-corrected chi connectivity index (χ4v) is 6.61. The predicted octanol–water partition coefficient (Wildman–Crippen LogP) is 1.33. The third-order valence-electron chi connectivity index (χ3n) is 6.37. The molecule has 3 fully saturated rings. The van der Waals surface area contributed by atoms with Gasteiger partial charge >= 0.3 is 0 Å². The third kappa shape index (κ3) is 4.04. The van der Waals surface area contributed by atoms with Crippen molar-refractivity contribution in [3.05, 3.63) is 23.3 Å². The van der Waals surface area contributed by atoms with E-state index in [1.807, 2.05) is 6.07 Å². The maximum atomic E-state index is 13.3. The van der Waals surface area contributed by atoms with Gasteiger partial charge in [0.05, 0.1) is 35.9 Å². The SMILES string of the molecule is N#CC1(NS(=O)(=O)c2cc(N3CC4COCC(C3)N4)c3cnn(-c4nnc(C(F)F)s4)c3c2)CC1. The smallest absolute Gasteiger partial charge is 0.291 e. The van der Waals surface area contributed by atoms with Crippen LogP contribution in [0.1, 0.15) is 24.3 Å². The summed E-state index contributed by atoms with van der Waals surface area (Å²) in [5, 5.41) is 24.9. The van der Waals surface area contributed by atoms with Crippen molar-refractivity contribution in [1.29, 1.82) is 5.26 Å². The second-order valence-electron chi connectivity index (χ2n) is 8.96. The van der Waals surface area contributed by atoms with Crippen LogP contribution in [0.4, 0.5) is 14.5 Å². The largest absolute Gasteiger partial charge is 0.378 e. The van der Waals surface area contributed by atoms with Crippen molar-refractivity contribution >= 4 is 38.0 Å². The average Bonchev–Trinajstić information content (AvgIpc) is 3.22. The first kappa shape index (κ1) is 22.7. The minimum atomic E-state index is -4.06. The number of halogens is 2. The van der Waals surface area contributed by atoms with Crippen LogP contribution in [0.15, 0.2) is 23.2 Å². The molecule has 1 aliphatic carbocycles. The van der Waals surface area contributed by atoms with E-state index < -0.39 is 27.0 Å². The first-order chi connectivity index (χ1) is 16.8. The van der Waals surface area contributed by atoms with Crippen molar-refractivity contribution < 1.29 is 21.9 Å². The number of alkyl halides is 2. The van der Waals surface area contributed by atoms with Crippen LogP contribution >= 0.6 is 11.3 Å². The van der Waals surface area contributed by atoms with E-state index >= 15 is 0 Å². The fraction of sp³-hybridized carbons (Fsp3) is 0.500. The van der Waals surface area contributed by atoms with E-state index in [2.05, 4.69) is 30.2 Å². The molecule has 1 saturated carbocycles. The number of aromatic nitrogens is 4. The van der Waals surface area contributed by atoms with Gasteiger partial charge in [0.1, 0.15) is 5.54 Å². The van der Waals surface area contributed by atoms with Gasteiger partial charge in [0.25, 0.3) is 6.43 Å². The Kier molecular flexibility index (Phi) is 5.27. The molecule has 184 valence electrons. The summed E-state index contributed by atoms with van der Waals surface area (Å²) in [5.74, 6) is 0. The van der Waals surface area contributed by atoms with Crippen molar-refractivity contribution in [3.63, 3.8) is 0 Å². The maximum Gasteiger partial charge on any atom is 0.291 e. The second kappa shape index (κ2) is 8.14. The lowest BCUT2D eigenvalue weighted by Crippen LogP contribution is -2.62. The summed E-state index contributed by atoms with van der Waals surface area (Å²) in [5.41, 5.74) is -0.0577. The van der Waals surface area contributed by atoms with Gasteiger partial charge in [-0.05, 0) is 25.0 Å². The molecule has 3 aliphatic rings. The van der Waals surface area contributed by atoms with Crippen molar-refractivity contribution in [3.8, 4) is 11.2 Å². The van der Waals surface area contributed by atoms with Crippen molar-refractivity contribution in [2.24, 2.45) is 0 Å². The van der Waals surface area contributed by atoms with E-state index in [4.69, 9.17) is 4.74 Å². The molecule has 2 atom stereocenters. The molecule has 2 aromatic heterocycles. The quantitative estimate of drug-likeness (QED) is 0.491. The molecular weight excluding hydrogens is 502 g/mol. The van der Waals surface area contributed by atoms with Crippen LogP contribution in [0, 0.1) is 11.3 Å². The lowest BCUT2D eigenvalue weighted by atomic mass is 10.1. The normalized spacial score (nSPS) is 23.5. The first-order valence-electron chi connectivity index (χ1n) is 10.9. The number of anilines is 1. The summed E-state index contributed by atoms with van der Waals surface area (Å²) in [6.07, 6.45) is -0.317. The van der Waals surface area contributed by atoms with Gasteiger partial charge in [0, 0.05) is 36.2 Å². The van der Waals surface area contributed by atoms with Gasteiger partial charge in [-0.25, -0.2) is 21.9 Å². The number of nitriles is 1. The van der Waals surface area contributed by atoms with E-state index in [0.29, 0.717) is 67.1 Å². The zero-order chi connectivity index (χ0) is 24.4. The second-order valence-corrected chi connectivity index (χ2v) is 11.6. The summed E-state index contributed by atoms with van der Waals surface area (Å²) in [7, 11) is -4.06. The molecule has 0 amide bonds. The highest BCUT2D eigenvalue weighted by Gasteiger charge is 2.47. The molecule has 6 rings (SSSR count). The standard InChI is InChI=1S/C20H20F2N8O3S2/c21-17(22)18-26-27-19(34-18)30-16-4-13(35(31,32)28-20(10-23)1-2-20)3-15(14(16)5-24-30)29-6-11-8-33-9-12(7-29)25-11/h3-5,11-12,17,25,28H,1-2,6-9H2. The Hall–Kier alpha value is -2.77. The molecule has 35 heavy (non-hydrogen) atoms. The summed E-state index contributed by atoms with van der Waals surface area (Å²) in [6.45, 7) is 2.26. The summed E-state index contributed by atoms with van der Waals surface area (Å²) in [4.78, 5) is 2.05. The Morgan fingerprint density at radius 2 is 2.00 bits per heavy atom. The van der Waals surface area contributed by atoms with E-state index in [0.717, 1.165) is 0 Å². The Balaban J connectivity index is 1.49. The van der Waals surface area contributed by atoms with Gasteiger partial charge in [0.15, 0.2) is 5.01 Å². The molecule has 11 nitrogen and oxygen atoms in total. The number of benzene rings is 1. The van der Waals surface area contributed by atoms with Crippen LogP contribution in [-0.2, 0) is 14.8 Å². The fourth-order valence-electron chi connectivity index (χ4n) is 4.53. The van der Waals surface area contributed by atoms with Gasteiger partial charge < -0.3 is 15.0 Å². The van der Waals surface area contributed by atoms with E-state index in [1.165, 1.54) is 10.7 Å². The number of nitrogens with one attached hydrogen (secondary N) is 2. The van der Waals surface area contributed by atoms with Crippen LogP contribution in [0.3, 0.4) is 0 Å². The topological polar surface area (TPSA) is 138 Å². The third-order valence-corrected chi connectivity index (χ3v) is 8.80. The highest BCUT2D eigenvalue weighted by molar-refractivity contribution is 7.89. The van der Waals surface area contributed by atoms with Crippen molar-refractivity contribution in [1.82, 2.24) is 30.0 Å². The number of sulfonamides is 1. The van der Waals surface area contributed by atoms with Crippen LogP contribution in [0.5, 0.6) is 0 Å². The molecule has 2 bridgehead atoms. The molecule has 3 aromatic rings. The van der Waals surface area contributed by atoms with Gasteiger partial charge in [-0.3, -0.25) is 0 Å². The Labute approximate surface area is 202 Å². The van der Waals surface area contributed by atoms with Crippen molar-refractivity contribution in [2.75, 3.05) is 31.2 Å². The summed E-state index contributed by atoms with van der Waals surface area (Å²) in [6, 6.07) is 5.21. The molecule has 2 unspecified atom stereocenters. The molecule has 2 saturated heterocycles. The Morgan fingerprint density at radius 1 is 1.26 bits per heavy atom. The molecule has 0 radical (unpaired) electrons. The van der Waals surface area contributed by atoms with Gasteiger partial charge in [-0.15, -0.1) is 10.2 Å². The summed E-state index contributed by atoms with van der Waals surface area (Å²) < 4.78 is 62.3. The van der Waals surface area contributed by atoms with Crippen LogP contribution in [0.25, 0.3) is 16.0 Å². The summed E-state index contributed by atoms with van der Waals surface area (Å²) >= 11 is 0.685. The molecule has 0 spiro atoms. The zero-order valence-corrected chi connectivity index (χ0v) is 19.8. The zero-order valence-electron chi connectivity index (χ0n) is 18.2.